The minimum absolute atomic E-state index is 0.253. The van der Waals surface area contributed by atoms with Crippen molar-refractivity contribution < 1.29 is 4.79 Å². The number of anilines is 1. The lowest BCUT2D eigenvalue weighted by molar-refractivity contribution is 0.0995. The summed E-state index contributed by atoms with van der Waals surface area (Å²) >= 11 is 0. The Kier molecular flexibility index (Phi) is 4.10. The number of pyridine rings is 1. The maximum Gasteiger partial charge on any atom is 0.267 e. The van der Waals surface area contributed by atoms with Crippen molar-refractivity contribution in [2.45, 2.75) is 13.1 Å². The lowest BCUT2D eigenvalue weighted by Crippen LogP contribution is -2.14. The van der Waals surface area contributed by atoms with Crippen molar-refractivity contribution in [1.29, 1.82) is 0 Å². The summed E-state index contributed by atoms with van der Waals surface area (Å²) in [6.45, 7) is 1.16. The molecule has 5 nitrogen and oxygen atoms in total. The summed E-state index contributed by atoms with van der Waals surface area (Å²) < 4.78 is 0. The van der Waals surface area contributed by atoms with Gasteiger partial charge in [0.1, 0.15) is 11.5 Å². The smallest absolute Gasteiger partial charge is 0.267 e. The number of carbonyl (C=O) groups is 1. The number of rotatable bonds is 5. The molecule has 1 heterocycles. The van der Waals surface area contributed by atoms with Crippen LogP contribution in [0.2, 0.25) is 0 Å². The average molecular weight is 256 g/mol. The van der Waals surface area contributed by atoms with Crippen LogP contribution in [0.15, 0.2) is 42.5 Å². The Bertz CT molecular complexity index is 566. The zero-order valence-corrected chi connectivity index (χ0v) is 10.5. The Labute approximate surface area is 111 Å². The van der Waals surface area contributed by atoms with E-state index in [-0.39, 0.29) is 5.69 Å². The second-order valence-electron chi connectivity index (χ2n) is 4.15. The van der Waals surface area contributed by atoms with Gasteiger partial charge in [0.05, 0.1) is 0 Å². The highest BCUT2D eigenvalue weighted by Crippen LogP contribution is 2.08. The molecule has 0 bridgehead atoms. The number of aromatic nitrogens is 1. The van der Waals surface area contributed by atoms with Crippen LogP contribution in [0.3, 0.4) is 0 Å². The van der Waals surface area contributed by atoms with Crippen molar-refractivity contribution in [1.82, 2.24) is 4.98 Å². The fraction of sp³-hybridized carbons (Fsp3) is 0.143. The molecule has 1 amide bonds. The van der Waals surface area contributed by atoms with Crippen LogP contribution in [-0.2, 0) is 13.1 Å². The molecule has 0 fully saturated rings. The van der Waals surface area contributed by atoms with Gasteiger partial charge in [-0.05, 0) is 23.3 Å². The van der Waals surface area contributed by atoms with E-state index in [0.717, 1.165) is 11.1 Å². The number of amides is 1. The zero-order chi connectivity index (χ0) is 13.7. The Morgan fingerprint density at radius 3 is 2.42 bits per heavy atom. The zero-order valence-electron chi connectivity index (χ0n) is 10.5. The third-order valence-corrected chi connectivity index (χ3v) is 2.73. The fourth-order valence-corrected chi connectivity index (χ4v) is 1.66. The van der Waals surface area contributed by atoms with Crippen LogP contribution in [0.1, 0.15) is 21.6 Å². The van der Waals surface area contributed by atoms with Crippen LogP contribution < -0.4 is 16.8 Å². The molecule has 0 aliphatic heterocycles. The van der Waals surface area contributed by atoms with Gasteiger partial charge in [-0.1, -0.05) is 30.3 Å². The number of nitrogens with one attached hydrogen (secondary N) is 1. The quantitative estimate of drug-likeness (QED) is 0.750. The largest absolute Gasteiger partial charge is 0.366 e. The molecule has 5 N–H and O–H groups in total. The van der Waals surface area contributed by atoms with Crippen LogP contribution in [-0.4, -0.2) is 10.9 Å². The molecule has 2 rings (SSSR count). The number of hydrogen-bond donors (Lipinski definition) is 3. The molecule has 0 unspecified atom stereocenters. The molecule has 0 radical (unpaired) electrons. The summed E-state index contributed by atoms with van der Waals surface area (Å²) in [5.41, 5.74) is 13.2. The van der Waals surface area contributed by atoms with E-state index in [4.69, 9.17) is 11.5 Å². The monoisotopic (exact) mass is 256 g/mol. The van der Waals surface area contributed by atoms with Gasteiger partial charge in [-0.25, -0.2) is 4.98 Å². The lowest BCUT2D eigenvalue weighted by Gasteiger charge is -2.07. The van der Waals surface area contributed by atoms with Crippen LogP contribution in [0.5, 0.6) is 0 Å². The highest BCUT2D eigenvalue weighted by Gasteiger charge is 2.02. The third-order valence-electron chi connectivity index (χ3n) is 2.73. The van der Waals surface area contributed by atoms with E-state index in [9.17, 15) is 4.79 Å². The standard InChI is InChI=1S/C14H16N4O/c15-8-10-4-6-11(7-5-10)9-17-13-3-1-2-12(18-13)14(16)19/h1-7H,8-9,15H2,(H2,16,19)(H,17,18). The van der Waals surface area contributed by atoms with Crippen molar-refractivity contribution in [2.24, 2.45) is 11.5 Å². The highest BCUT2D eigenvalue weighted by molar-refractivity contribution is 5.91. The topological polar surface area (TPSA) is 94.0 Å². The van der Waals surface area contributed by atoms with E-state index in [0.29, 0.717) is 18.9 Å². The summed E-state index contributed by atoms with van der Waals surface area (Å²) in [6, 6.07) is 13.1. The van der Waals surface area contributed by atoms with Crippen molar-refractivity contribution in [2.75, 3.05) is 5.32 Å². The second kappa shape index (κ2) is 5.97. The Morgan fingerprint density at radius 1 is 1.11 bits per heavy atom. The van der Waals surface area contributed by atoms with Gasteiger partial charge in [0.2, 0.25) is 0 Å². The van der Waals surface area contributed by atoms with Crippen LogP contribution in [0, 0.1) is 0 Å². The molecule has 0 saturated heterocycles. The van der Waals surface area contributed by atoms with E-state index in [2.05, 4.69) is 10.3 Å². The van der Waals surface area contributed by atoms with Crippen LogP contribution in [0.4, 0.5) is 5.82 Å². The van der Waals surface area contributed by atoms with E-state index < -0.39 is 5.91 Å². The second-order valence-corrected chi connectivity index (χ2v) is 4.15. The predicted molar refractivity (Wildman–Crippen MR) is 74.4 cm³/mol. The summed E-state index contributed by atoms with van der Waals surface area (Å²) in [4.78, 5) is 15.1. The number of nitrogens with zero attached hydrogens (tertiary/aromatic N) is 1. The minimum Gasteiger partial charge on any atom is -0.366 e. The van der Waals surface area contributed by atoms with Gasteiger partial charge < -0.3 is 16.8 Å². The van der Waals surface area contributed by atoms with E-state index in [1.807, 2.05) is 24.3 Å². The first kappa shape index (κ1) is 13.0. The number of carbonyl (C=O) groups excluding carboxylic acids is 1. The summed E-state index contributed by atoms with van der Waals surface area (Å²) in [6.07, 6.45) is 0. The van der Waals surface area contributed by atoms with Crippen molar-refractivity contribution in [3.8, 4) is 0 Å². The molecule has 98 valence electrons. The normalized spacial score (nSPS) is 10.2. The van der Waals surface area contributed by atoms with Gasteiger partial charge in [-0.3, -0.25) is 4.79 Å². The Balaban J connectivity index is 2.01. The number of benzene rings is 1. The molecule has 0 atom stereocenters. The molecular formula is C14H16N4O. The summed E-state index contributed by atoms with van der Waals surface area (Å²) in [7, 11) is 0. The Morgan fingerprint density at radius 2 is 1.79 bits per heavy atom. The average Bonchev–Trinajstić information content (AvgIpc) is 2.46. The summed E-state index contributed by atoms with van der Waals surface area (Å²) in [5.74, 6) is 0.0927. The van der Waals surface area contributed by atoms with E-state index in [1.54, 1.807) is 18.2 Å². The van der Waals surface area contributed by atoms with Crippen molar-refractivity contribution >= 4 is 11.7 Å². The first-order chi connectivity index (χ1) is 9.19. The molecule has 0 spiro atoms. The van der Waals surface area contributed by atoms with Gasteiger partial charge >= 0.3 is 0 Å². The first-order valence-corrected chi connectivity index (χ1v) is 5.97. The molecule has 5 heteroatoms. The van der Waals surface area contributed by atoms with Gasteiger partial charge in [-0.2, -0.15) is 0 Å². The lowest BCUT2D eigenvalue weighted by atomic mass is 10.1. The molecule has 0 aliphatic carbocycles. The van der Waals surface area contributed by atoms with Gasteiger partial charge in [0.15, 0.2) is 0 Å². The van der Waals surface area contributed by atoms with Crippen LogP contribution in [0.25, 0.3) is 0 Å². The predicted octanol–water partition coefficient (Wildman–Crippen LogP) is 1.25. The molecule has 1 aromatic carbocycles. The van der Waals surface area contributed by atoms with Gasteiger partial charge in [-0.15, -0.1) is 0 Å². The molecule has 0 saturated carbocycles. The molecule has 2 aromatic rings. The fourth-order valence-electron chi connectivity index (χ4n) is 1.66. The molecular weight excluding hydrogens is 240 g/mol. The number of primary amides is 1. The van der Waals surface area contributed by atoms with Crippen molar-refractivity contribution in [3.05, 3.63) is 59.3 Å². The molecule has 0 aliphatic rings. The highest BCUT2D eigenvalue weighted by atomic mass is 16.1. The third kappa shape index (κ3) is 3.53. The van der Waals surface area contributed by atoms with E-state index in [1.165, 1.54) is 0 Å². The number of nitrogens with two attached hydrogens (primary N) is 2. The molecule has 1 aromatic heterocycles. The summed E-state index contributed by atoms with van der Waals surface area (Å²) in [5, 5.41) is 3.14. The van der Waals surface area contributed by atoms with E-state index >= 15 is 0 Å². The van der Waals surface area contributed by atoms with Crippen LogP contribution >= 0.6 is 0 Å². The minimum atomic E-state index is -0.532. The molecule has 19 heavy (non-hydrogen) atoms. The maximum atomic E-state index is 11.0. The van der Waals surface area contributed by atoms with Gasteiger partial charge in [0, 0.05) is 13.1 Å². The maximum absolute atomic E-state index is 11.0. The van der Waals surface area contributed by atoms with Gasteiger partial charge in [0.25, 0.3) is 5.91 Å². The SMILES string of the molecule is NCc1ccc(CNc2cccc(C(N)=O)n2)cc1. The first-order valence-electron chi connectivity index (χ1n) is 5.97. The van der Waals surface area contributed by atoms with Crippen molar-refractivity contribution in [3.63, 3.8) is 0 Å². The Hall–Kier alpha value is -2.40. The number of hydrogen-bond acceptors (Lipinski definition) is 4.